The van der Waals surface area contributed by atoms with E-state index in [1.165, 1.54) is 24.2 Å². The first kappa shape index (κ1) is 24.6. The highest BCUT2D eigenvalue weighted by atomic mass is 32.1. The number of benzene rings is 2. The number of aromatic nitrogens is 2. The van der Waals surface area contributed by atoms with Gasteiger partial charge in [-0.2, -0.15) is 5.26 Å². The van der Waals surface area contributed by atoms with Crippen molar-refractivity contribution in [2.45, 2.75) is 25.7 Å². The summed E-state index contributed by atoms with van der Waals surface area (Å²) in [5.41, 5.74) is 2.56. The van der Waals surface area contributed by atoms with Gasteiger partial charge in [0.25, 0.3) is 5.56 Å². The Bertz CT molecular complexity index is 1510. The molecule has 0 spiro atoms. The van der Waals surface area contributed by atoms with E-state index in [9.17, 15) is 4.79 Å². The quantitative estimate of drug-likeness (QED) is 0.226. The van der Waals surface area contributed by atoms with Gasteiger partial charge < -0.3 is 14.2 Å². The van der Waals surface area contributed by atoms with Crippen molar-refractivity contribution in [3.63, 3.8) is 0 Å². The van der Waals surface area contributed by atoms with E-state index in [1.54, 1.807) is 17.7 Å². The molecule has 1 aliphatic carbocycles. The summed E-state index contributed by atoms with van der Waals surface area (Å²) in [5, 5.41) is 10.5. The molecule has 37 heavy (non-hydrogen) atoms. The zero-order valence-corrected chi connectivity index (χ0v) is 21.4. The molecule has 1 aliphatic rings. The van der Waals surface area contributed by atoms with Crippen LogP contribution in [0.15, 0.2) is 58.8 Å². The first-order chi connectivity index (χ1) is 18.2. The van der Waals surface area contributed by atoms with E-state index in [2.05, 4.69) is 6.07 Å². The monoisotopic (exact) mass is 513 g/mol. The molecule has 5 rings (SSSR count). The fourth-order valence-corrected chi connectivity index (χ4v) is 4.69. The van der Waals surface area contributed by atoms with E-state index in [-0.39, 0.29) is 5.56 Å². The molecule has 8 heteroatoms. The van der Waals surface area contributed by atoms with Crippen molar-refractivity contribution >= 4 is 28.4 Å². The number of fused-ring (bicyclic) bond motifs is 1. The van der Waals surface area contributed by atoms with Crippen LogP contribution in [0.1, 0.15) is 36.9 Å². The molecule has 0 bridgehead atoms. The van der Waals surface area contributed by atoms with E-state index in [0.717, 1.165) is 11.1 Å². The zero-order valence-electron chi connectivity index (χ0n) is 20.6. The third-order valence-electron chi connectivity index (χ3n) is 6.15. The average Bonchev–Trinajstić information content (AvgIpc) is 3.63. The summed E-state index contributed by atoms with van der Waals surface area (Å²) in [6, 6.07) is 15.3. The minimum atomic E-state index is -0.135. The predicted octanol–water partition coefficient (Wildman–Crippen LogP) is 6.07. The summed E-state index contributed by atoms with van der Waals surface area (Å²) < 4.78 is 19.0. The Labute approximate surface area is 219 Å². The molecular weight excluding hydrogens is 486 g/mol. The smallest absolute Gasteiger partial charge is 0.266 e. The summed E-state index contributed by atoms with van der Waals surface area (Å²) in [6.45, 7) is 1.13. The number of nitriles is 1. The molecule has 2 heterocycles. The number of para-hydroxylation sites is 1. The maximum absolute atomic E-state index is 13.5. The van der Waals surface area contributed by atoms with Gasteiger partial charge in [0.15, 0.2) is 16.5 Å². The summed E-state index contributed by atoms with van der Waals surface area (Å²) >= 11 is 1.41. The maximum Gasteiger partial charge on any atom is 0.266 e. The highest BCUT2D eigenvalue weighted by molar-refractivity contribution is 7.15. The Balaban J connectivity index is 1.49. The van der Waals surface area contributed by atoms with Crippen LogP contribution in [0.5, 0.6) is 17.2 Å². The molecule has 0 N–H and O–H groups in total. The third-order valence-corrected chi connectivity index (χ3v) is 6.91. The number of methoxy groups -OCH3 is 1. The highest BCUT2D eigenvalue weighted by Crippen LogP contribution is 2.36. The molecule has 0 saturated heterocycles. The largest absolute Gasteiger partial charge is 0.494 e. The van der Waals surface area contributed by atoms with Gasteiger partial charge in [0, 0.05) is 23.6 Å². The third kappa shape index (κ3) is 5.68. The van der Waals surface area contributed by atoms with Crippen LogP contribution in [0, 0.1) is 17.2 Å². The number of rotatable bonds is 11. The van der Waals surface area contributed by atoms with Gasteiger partial charge in [0.2, 0.25) is 0 Å². The minimum Gasteiger partial charge on any atom is -0.494 e. The van der Waals surface area contributed by atoms with Crippen molar-refractivity contribution in [2.24, 2.45) is 5.92 Å². The fourth-order valence-electron chi connectivity index (χ4n) is 3.98. The molecule has 0 amide bonds. The minimum absolute atomic E-state index is 0.135. The summed E-state index contributed by atoms with van der Waals surface area (Å²) in [5.74, 6) is 2.67. The Kier molecular flexibility index (Phi) is 7.52. The van der Waals surface area contributed by atoms with Gasteiger partial charge in [0.1, 0.15) is 5.75 Å². The number of unbranched alkanes of at least 4 members (excludes halogenated alkanes) is 1. The summed E-state index contributed by atoms with van der Waals surface area (Å²) in [4.78, 5) is 18.9. The normalized spacial score (nSPS) is 13.1. The van der Waals surface area contributed by atoms with Gasteiger partial charge in [-0.25, -0.2) is 4.98 Å². The van der Waals surface area contributed by atoms with E-state index in [0.29, 0.717) is 65.4 Å². The van der Waals surface area contributed by atoms with E-state index < -0.39 is 0 Å². The van der Waals surface area contributed by atoms with Crippen LogP contribution in [0.2, 0.25) is 0 Å². The fraction of sp³-hybridized carbons (Fsp3) is 0.276. The molecule has 0 atom stereocenters. The lowest BCUT2D eigenvalue weighted by molar-refractivity contribution is 0.280. The lowest BCUT2D eigenvalue weighted by atomic mass is 10.0. The van der Waals surface area contributed by atoms with Gasteiger partial charge >= 0.3 is 0 Å². The Hall–Kier alpha value is -4.09. The molecule has 0 aliphatic heterocycles. The van der Waals surface area contributed by atoms with Crippen LogP contribution in [0.3, 0.4) is 0 Å². The molecule has 0 unspecified atom stereocenters. The van der Waals surface area contributed by atoms with E-state index >= 15 is 0 Å². The van der Waals surface area contributed by atoms with Crippen LogP contribution in [-0.4, -0.2) is 29.7 Å². The lowest BCUT2D eigenvalue weighted by Crippen LogP contribution is -2.17. The number of ether oxygens (including phenoxy) is 3. The van der Waals surface area contributed by atoms with Crippen LogP contribution in [-0.2, 0) is 0 Å². The average molecular weight is 514 g/mol. The molecule has 1 saturated carbocycles. The molecule has 188 valence electrons. The second-order valence-corrected chi connectivity index (χ2v) is 9.71. The molecule has 2 aromatic heterocycles. The first-order valence-electron chi connectivity index (χ1n) is 12.3. The van der Waals surface area contributed by atoms with Gasteiger partial charge in [-0.15, -0.1) is 11.3 Å². The Morgan fingerprint density at radius 2 is 2.00 bits per heavy atom. The van der Waals surface area contributed by atoms with Crippen molar-refractivity contribution < 1.29 is 14.2 Å². The topological polar surface area (TPSA) is 85.9 Å². The Morgan fingerprint density at radius 3 is 2.76 bits per heavy atom. The van der Waals surface area contributed by atoms with Gasteiger partial charge in [-0.1, -0.05) is 24.3 Å². The van der Waals surface area contributed by atoms with Crippen LogP contribution in [0.25, 0.3) is 28.2 Å². The summed E-state index contributed by atoms with van der Waals surface area (Å²) in [7, 11) is 1.63. The van der Waals surface area contributed by atoms with Crippen molar-refractivity contribution in [3.05, 3.63) is 75.7 Å². The lowest BCUT2D eigenvalue weighted by Gasteiger charge is -2.13. The standard InChI is InChI=1S/C29H27N3O4S/c1-34-25-6-4-5-22(27(25)36-19-20-7-8-20)11-14-24-26(28(33)32-16-18-37-29(32)31-24)21-9-12-23(13-10-21)35-17-3-2-15-30/h4-6,9-14,16,18,20H,2-3,7-8,17,19H2,1H3. The number of hydrogen-bond donors (Lipinski definition) is 0. The van der Waals surface area contributed by atoms with Gasteiger partial charge in [-0.3, -0.25) is 9.20 Å². The molecule has 7 nitrogen and oxygen atoms in total. The van der Waals surface area contributed by atoms with Crippen LogP contribution < -0.4 is 19.8 Å². The van der Waals surface area contributed by atoms with Crippen LogP contribution >= 0.6 is 11.3 Å². The molecule has 0 radical (unpaired) electrons. The number of thiazole rings is 1. The van der Waals surface area contributed by atoms with E-state index in [1.807, 2.05) is 60.0 Å². The molecule has 1 fully saturated rings. The van der Waals surface area contributed by atoms with E-state index in [4.69, 9.17) is 24.5 Å². The molecule has 2 aromatic carbocycles. The Morgan fingerprint density at radius 1 is 1.16 bits per heavy atom. The molecular formula is C29H27N3O4S. The van der Waals surface area contributed by atoms with Crippen LogP contribution in [0.4, 0.5) is 0 Å². The predicted molar refractivity (Wildman–Crippen MR) is 145 cm³/mol. The van der Waals surface area contributed by atoms with Gasteiger partial charge in [0.05, 0.1) is 37.7 Å². The zero-order chi connectivity index (χ0) is 25.6. The number of hydrogen-bond acceptors (Lipinski definition) is 7. The SMILES string of the molecule is COc1cccc(C=Cc2nc3sccn3c(=O)c2-c2ccc(OCCCC#N)cc2)c1OCC1CC1. The first-order valence-corrected chi connectivity index (χ1v) is 13.1. The molecule has 4 aromatic rings. The highest BCUT2D eigenvalue weighted by Gasteiger charge is 2.23. The van der Waals surface area contributed by atoms with Crippen molar-refractivity contribution in [3.8, 4) is 34.4 Å². The number of nitrogens with zero attached hydrogens (tertiary/aromatic N) is 3. The van der Waals surface area contributed by atoms with Crippen molar-refractivity contribution in [1.29, 1.82) is 5.26 Å². The summed E-state index contributed by atoms with van der Waals surface area (Å²) in [6.07, 6.45) is 9.05. The second kappa shape index (κ2) is 11.3. The van der Waals surface area contributed by atoms with Crippen molar-refractivity contribution in [2.75, 3.05) is 20.3 Å². The van der Waals surface area contributed by atoms with Crippen molar-refractivity contribution in [1.82, 2.24) is 9.38 Å². The second-order valence-electron chi connectivity index (χ2n) is 8.83. The van der Waals surface area contributed by atoms with Gasteiger partial charge in [-0.05, 0) is 61.1 Å². The maximum atomic E-state index is 13.5.